The van der Waals surface area contributed by atoms with Crippen LogP contribution < -0.4 is 11.1 Å². The Bertz CT molecular complexity index is 944. The van der Waals surface area contributed by atoms with Crippen molar-refractivity contribution in [3.05, 3.63) is 47.8 Å². The topological polar surface area (TPSA) is 117 Å². The quantitative estimate of drug-likeness (QED) is 0.667. The van der Waals surface area contributed by atoms with Gasteiger partial charge in [0.1, 0.15) is 18.2 Å². The van der Waals surface area contributed by atoms with Crippen molar-refractivity contribution in [2.75, 3.05) is 0 Å². The number of aryl methyl sites for hydroxylation is 1. The summed E-state index contributed by atoms with van der Waals surface area (Å²) in [6.07, 6.45) is 2.02. The van der Waals surface area contributed by atoms with Crippen molar-refractivity contribution in [2.24, 2.45) is 5.73 Å². The lowest BCUT2D eigenvalue weighted by Gasteiger charge is -2.09. The molecular weight excluding hydrogens is 344 g/mol. The van der Waals surface area contributed by atoms with E-state index < -0.39 is 0 Å². The number of hydrogen-bond donors (Lipinski definition) is 2. The zero-order chi connectivity index (χ0) is 18.8. The van der Waals surface area contributed by atoms with E-state index in [2.05, 4.69) is 30.2 Å². The Morgan fingerprint density at radius 2 is 2.11 bits per heavy atom. The molecule has 1 atom stereocenters. The highest BCUT2D eigenvalue weighted by molar-refractivity contribution is 5.75. The Labute approximate surface area is 156 Å². The maximum absolute atomic E-state index is 12.4. The van der Waals surface area contributed by atoms with Gasteiger partial charge >= 0.3 is 0 Å². The Morgan fingerprint density at radius 3 is 2.89 bits per heavy atom. The maximum atomic E-state index is 12.4. The first-order valence-corrected chi connectivity index (χ1v) is 9.05. The molecule has 3 heterocycles. The van der Waals surface area contributed by atoms with Crippen LogP contribution in [0.3, 0.4) is 0 Å². The molecule has 3 N–H and O–H groups in total. The molecule has 1 aliphatic heterocycles. The van der Waals surface area contributed by atoms with Crippen LogP contribution in [0.5, 0.6) is 0 Å². The number of aromatic nitrogens is 6. The number of fused-ring (bicyclic) bond motifs is 1. The van der Waals surface area contributed by atoms with Crippen molar-refractivity contribution >= 4 is 5.91 Å². The molecule has 0 radical (unpaired) electrons. The molecule has 0 aliphatic carbocycles. The summed E-state index contributed by atoms with van der Waals surface area (Å²) in [5.74, 6) is 2.74. The number of hydrogen-bond acceptors (Lipinski definition) is 6. The van der Waals surface area contributed by atoms with E-state index in [0.717, 1.165) is 36.6 Å². The van der Waals surface area contributed by atoms with E-state index in [1.54, 1.807) is 4.68 Å². The van der Waals surface area contributed by atoms with Gasteiger partial charge < -0.3 is 15.6 Å². The second kappa shape index (κ2) is 7.28. The van der Waals surface area contributed by atoms with E-state index in [-0.39, 0.29) is 18.5 Å². The first-order valence-electron chi connectivity index (χ1n) is 9.05. The molecule has 4 rings (SSSR count). The van der Waals surface area contributed by atoms with E-state index in [0.29, 0.717) is 18.2 Å². The van der Waals surface area contributed by atoms with Crippen LogP contribution in [0.25, 0.3) is 11.4 Å². The maximum Gasteiger partial charge on any atom is 0.242 e. The third-order valence-electron chi connectivity index (χ3n) is 4.56. The number of benzene rings is 1. The highest BCUT2D eigenvalue weighted by Crippen LogP contribution is 2.18. The Hall–Kier alpha value is -3.07. The molecule has 0 unspecified atom stereocenters. The number of nitrogens with zero attached hydrogens (tertiary/aromatic N) is 6. The summed E-state index contributed by atoms with van der Waals surface area (Å²) < 4.78 is 3.63. The van der Waals surface area contributed by atoms with Gasteiger partial charge in [-0.15, -0.1) is 10.2 Å². The lowest BCUT2D eigenvalue weighted by molar-refractivity contribution is -0.122. The lowest BCUT2D eigenvalue weighted by Crippen LogP contribution is -2.30. The average molecular weight is 366 g/mol. The van der Waals surface area contributed by atoms with Crippen molar-refractivity contribution < 1.29 is 4.79 Å². The molecule has 140 valence electrons. The fourth-order valence-corrected chi connectivity index (χ4v) is 3.23. The van der Waals surface area contributed by atoms with E-state index >= 15 is 0 Å². The molecule has 1 aliphatic rings. The van der Waals surface area contributed by atoms with Gasteiger partial charge in [-0.1, -0.05) is 30.3 Å². The molecule has 0 bridgehead atoms. The molecule has 9 nitrogen and oxygen atoms in total. The molecule has 0 fully saturated rings. The zero-order valence-electron chi connectivity index (χ0n) is 15.2. The molecule has 1 aromatic carbocycles. The molecule has 0 saturated heterocycles. The summed E-state index contributed by atoms with van der Waals surface area (Å²) in [4.78, 5) is 16.9. The van der Waals surface area contributed by atoms with E-state index in [1.807, 2.05) is 37.3 Å². The van der Waals surface area contributed by atoms with Crippen molar-refractivity contribution in [3.63, 3.8) is 0 Å². The molecule has 27 heavy (non-hydrogen) atoms. The van der Waals surface area contributed by atoms with Crippen LogP contribution >= 0.6 is 0 Å². The third-order valence-corrected chi connectivity index (χ3v) is 4.56. The van der Waals surface area contributed by atoms with Crippen molar-refractivity contribution in [3.8, 4) is 11.4 Å². The summed E-state index contributed by atoms with van der Waals surface area (Å²) in [5.41, 5.74) is 6.90. The number of nitrogens with one attached hydrogen (secondary N) is 1. The molecule has 3 aromatic rings. The first kappa shape index (κ1) is 17.3. The summed E-state index contributed by atoms with van der Waals surface area (Å²) in [5, 5.41) is 15.7. The smallest absolute Gasteiger partial charge is 0.242 e. The number of amides is 1. The Balaban J connectivity index is 1.46. The zero-order valence-corrected chi connectivity index (χ0v) is 15.2. The average Bonchev–Trinajstić information content (AvgIpc) is 3.37. The number of rotatable bonds is 6. The van der Waals surface area contributed by atoms with Crippen LogP contribution in [0.15, 0.2) is 30.3 Å². The molecule has 0 saturated carbocycles. The van der Waals surface area contributed by atoms with Crippen LogP contribution in [0.1, 0.15) is 36.9 Å². The van der Waals surface area contributed by atoms with Gasteiger partial charge in [0.2, 0.25) is 5.91 Å². The van der Waals surface area contributed by atoms with Crippen LogP contribution in [0.2, 0.25) is 0 Å². The Morgan fingerprint density at radius 1 is 1.30 bits per heavy atom. The highest BCUT2D eigenvalue weighted by Gasteiger charge is 2.19. The van der Waals surface area contributed by atoms with Gasteiger partial charge in [-0.3, -0.25) is 4.79 Å². The minimum Gasteiger partial charge on any atom is -0.347 e. The molecular formula is C18H22N8O. The first-order chi connectivity index (χ1) is 13.1. The second-order valence-corrected chi connectivity index (χ2v) is 6.67. The van der Waals surface area contributed by atoms with E-state index in [4.69, 9.17) is 5.73 Å². The molecule has 2 aromatic heterocycles. The van der Waals surface area contributed by atoms with Gasteiger partial charge in [-0.2, -0.15) is 5.10 Å². The largest absolute Gasteiger partial charge is 0.347 e. The van der Waals surface area contributed by atoms with Crippen molar-refractivity contribution in [1.82, 2.24) is 34.8 Å². The molecule has 9 heteroatoms. The fourth-order valence-electron chi connectivity index (χ4n) is 3.23. The summed E-state index contributed by atoms with van der Waals surface area (Å²) in [6.45, 7) is 3.13. The summed E-state index contributed by atoms with van der Waals surface area (Å²) in [7, 11) is 0. The van der Waals surface area contributed by atoms with Crippen LogP contribution in [0.4, 0.5) is 0 Å². The Kier molecular flexibility index (Phi) is 4.68. The SMILES string of the molecule is C[C@H](N)c1nc(-c2ccccc2)nn1CC(=O)NCc1nnc2n1CCC2. The standard InChI is InChI=1S/C18H22N8O/c1-12(19)18-21-17(13-6-3-2-4-7-13)24-26(18)11-16(27)20-10-15-23-22-14-8-5-9-25(14)15/h2-4,6-7,12H,5,8-11,19H2,1H3,(H,20,27)/t12-/m0/s1. The predicted molar refractivity (Wildman–Crippen MR) is 98.3 cm³/mol. The van der Waals surface area contributed by atoms with Crippen molar-refractivity contribution in [2.45, 2.75) is 45.4 Å². The van der Waals surface area contributed by atoms with Crippen LogP contribution in [0, 0.1) is 0 Å². The van der Waals surface area contributed by atoms with Gasteiger partial charge in [0, 0.05) is 18.5 Å². The number of nitrogens with two attached hydrogens (primary N) is 1. The minimum absolute atomic E-state index is 0.0533. The van der Waals surface area contributed by atoms with Gasteiger partial charge in [-0.05, 0) is 13.3 Å². The normalized spacial score (nSPS) is 14.1. The monoisotopic (exact) mass is 366 g/mol. The van der Waals surface area contributed by atoms with Gasteiger partial charge in [0.15, 0.2) is 11.6 Å². The van der Waals surface area contributed by atoms with Gasteiger partial charge in [-0.25, -0.2) is 9.67 Å². The van der Waals surface area contributed by atoms with E-state index in [9.17, 15) is 4.79 Å². The molecule has 1 amide bonds. The van der Waals surface area contributed by atoms with E-state index in [1.165, 1.54) is 0 Å². The van der Waals surface area contributed by atoms with Crippen LogP contribution in [-0.2, 0) is 30.8 Å². The minimum atomic E-state index is -0.331. The van der Waals surface area contributed by atoms with Crippen molar-refractivity contribution in [1.29, 1.82) is 0 Å². The van der Waals surface area contributed by atoms with Crippen LogP contribution in [-0.4, -0.2) is 35.4 Å². The number of carbonyl (C=O) groups is 1. The summed E-state index contributed by atoms with van der Waals surface area (Å²) >= 11 is 0. The summed E-state index contributed by atoms with van der Waals surface area (Å²) in [6, 6.07) is 9.30. The fraction of sp³-hybridized carbons (Fsp3) is 0.389. The third kappa shape index (κ3) is 3.59. The van der Waals surface area contributed by atoms with Gasteiger partial charge in [0.25, 0.3) is 0 Å². The van der Waals surface area contributed by atoms with Gasteiger partial charge in [0.05, 0.1) is 12.6 Å². The predicted octanol–water partition coefficient (Wildman–Crippen LogP) is 0.819. The second-order valence-electron chi connectivity index (χ2n) is 6.67. The lowest BCUT2D eigenvalue weighted by atomic mass is 10.2. The molecule has 0 spiro atoms. The number of carbonyl (C=O) groups excluding carboxylic acids is 1. The highest BCUT2D eigenvalue weighted by atomic mass is 16.2.